The maximum Gasteiger partial charge on any atom is 0.187 e. The Morgan fingerprint density at radius 2 is 2.00 bits per heavy atom. The number of ketones is 1. The average molecular weight is 195 g/mol. The van der Waals surface area contributed by atoms with Crippen molar-refractivity contribution >= 4 is 11.7 Å². The van der Waals surface area contributed by atoms with Gasteiger partial charge in [0, 0.05) is 18.8 Å². The van der Waals surface area contributed by atoms with E-state index in [9.17, 15) is 4.79 Å². The summed E-state index contributed by atoms with van der Waals surface area (Å²) in [5, 5.41) is 0. The van der Waals surface area contributed by atoms with E-state index in [1.807, 2.05) is 0 Å². The van der Waals surface area contributed by atoms with Gasteiger partial charge in [0.2, 0.25) is 0 Å². The lowest BCUT2D eigenvalue weighted by molar-refractivity contribution is -0.120. The highest BCUT2D eigenvalue weighted by atomic mass is 16.5. The Kier molecular flexibility index (Phi) is 2.33. The molecule has 0 radical (unpaired) electrons. The van der Waals surface area contributed by atoms with Crippen LogP contribution in [0.4, 0.5) is 0 Å². The van der Waals surface area contributed by atoms with Crippen molar-refractivity contribution in [2.75, 3.05) is 6.61 Å². The molecule has 0 unspecified atom stereocenters. The molecule has 0 aromatic heterocycles. The summed E-state index contributed by atoms with van der Waals surface area (Å²) in [6.07, 6.45) is 3.25. The average Bonchev–Trinajstić information content (AvgIpc) is 2.47. The van der Waals surface area contributed by atoms with Crippen LogP contribution in [0.3, 0.4) is 0 Å². The van der Waals surface area contributed by atoms with E-state index in [1.54, 1.807) is 0 Å². The summed E-state index contributed by atoms with van der Waals surface area (Å²) in [6, 6.07) is 0. The van der Waals surface area contributed by atoms with Crippen LogP contribution in [0, 0.1) is 5.92 Å². The van der Waals surface area contributed by atoms with E-state index in [2.05, 4.69) is 18.8 Å². The van der Waals surface area contributed by atoms with Crippen LogP contribution in [0.25, 0.3) is 0 Å². The summed E-state index contributed by atoms with van der Waals surface area (Å²) >= 11 is 0. The summed E-state index contributed by atoms with van der Waals surface area (Å²) < 4.78 is 5.58. The van der Waals surface area contributed by atoms with E-state index < -0.39 is 0 Å². The highest BCUT2D eigenvalue weighted by molar-refractivity contribution is 5.85. The molecule has 1 aliphatic heterocycles. The highest BCUT2D eigenvalue weighted by Gasteiger charge is 2.32. The molecule has 0 saturated heterocycles. The first kappa shape index (κ1) is 9.69. The van der Waals surface area contributed by atoms with Crippen molar-refractivity contribution in [2.24, 2.45) is 10.9 Å². The van der Waals surface area contributed by atoms with Gasteiger partial charge in [0.15, 0.2) is 5.90 Å². The van der Waals surface area contributed by atoms with Crippen LogP contribution in [-0.4, -0.2) is 23.8 Å². The third-order valence-electron chi connectivity index (χ3n) is 2.88. The number of carbonyl (C=O) groups is 1. The summed E-state index contributed by atoms with van der Waals surface area (Å²) in [6.45, 7) is 4.84. The molecule has 0 N–H and O–H groups in total. The zero-order valence-corrected chi connectivity index (χ0v) is 8.88. The van der Waals surface area contributed by atoms with Gasteiger partial charge in [-0.25, -0.2) is 4.99 Å². The molecule has 1 saturated carbocycles. The molecule has 3 nitrogen and oxygen atoms in total. The molecular weight excluding hydrogens is 178 g/mol. The zero-order valence-electron chi connectivity index (χ0n) is 8.88. The molecule has 0 aromatic rings. The molecule has 0 bridgehead atoms. The van der Waals surface area contributed by atoms with E-state index in [4.69, 9.17) is 4.74 Å². The van der Waals surface area contributed by atoms with Crippen molar-refractivity contribution in [3.8, 4) is 0 Å². The fourth-order valence-corrected chi connectivity index (χ4v) is 2.01. The number of aliphatic imine (C=N–C) groups is 1. The van der Waals surface area contributed by atoms with Gasteiger partial charge in [0.25, 0.3) is 0 Å². The molecule has 3 heteroatoms. The Morgan fingerprint density at radius 1 is 1.36 bits per heavy atom. The molecule has 0 atom stereocenters. The number of nitrogens with zero attached hydrogens (tertiary/aromatic N) is 1. The maximum absolute atomic E-state index is 11.1. The molecule has 1 fully saturated rings. The van der Waals surface area contributed by atoms with Crippen molar-refractivity contribution in [2.45, 2.75) is 45.1 Å². The quantitative estimate of drug-likeness (QED) is 0.641. The Bertz CT molecular complexity index is 271. The normalized spacial score (nSPS) is 27.3. The van der Waals surface area contributed by atoms with Crippen molar-refractivity contribution in [3.05, 3.63) is 0 Å². The molecule has 14 heavy (non-hydrogen) atoms. The van der Waals surface area contributed by atoms with E-state index in [0.29, 0.717) is 31.1 Å². The van der Waals surface area contributed by atoms with Crippen LogP contribution in [-0.2, 0) is 9.53 Å². The molecule has 1 heterocycles. The van der Waals surface area contributed by atoms with Gasteiger partial charge < -0.3 is 4.74 Å². The second-order valence-electron chi connectivity index (χ2n) is 4.86. The summed E-state index contributed by atoms with van der Waals surface area (Å²) in [5.74, 6) is 1.68. The Morgan fingerprint density at radius 3 is 2.50 bits per heavy atom. The minimum absolute atomic E-state index is 0.0587. The summed E-state index contributed by atoms with van der Waals surface area (Å²) in [4.78, 5) is 15.6. The van der Waals surface area contributed by atoms with Gasteiger partial charge in [-0.05, 0) is 26.7 Å². The second-order valence-corrected chi connectivity index (χ2v) is 4.86. The summed E-state index contributed by atoms with van der Waals surface area (Å²) in [7, 11) is 0. The van der Waals surface area contributed by atoms with E-state index in [1.165, 1.54) is 0 Å². The largest absolute Gasteiger partial charge is 0.478 e. The van der Waals surface area contributed by atoms with Crippen molar-refractivity contribution in [1.82, 2.24) is 0 Å². The highest BCUT2D eigenvalue weighted by Crippen LogP contribution is 2.28. The topological polar surface area (TPSA) is 38.7 Å². The second kappa shape index (κ2) is 3.37. The Labute approximate surface area is 84.5 Å². The number of ether oxygens (including phenoxy) is 1. The van der Waals surface area contributed by atoms with Crippen molar-refractivity contribution < 1.29 is 9.53 Å². The number of rotatable bonds is 1. The first-order valence-electron chi connectivity index (χ1n) is 5.31. The minimum atomic E-state index is -0.0587. The van der Waals surface area contributed by atoms with Gasteiger partial charge in [0.05, 0.1) is 5.54 Å². The van der Waals surface area contributed by atoms with Crippen LogP contribution < -0.4 is 0 Å². The van der Waals surface area contributed by atoms with E-state index in [0.717, 1.165) is 18.7 Å². The fourth-order valence-electron chi connectivity index (χ4n) is 2.01. The smallest absolute Gasteiger partial charge is 0.187 e. The van der Waals surface area contributed by atoms with Gasteiger partial charge >= 0.3 is 0 Å². The monoisotopic (exact) mass is 195 g/mol. The standard InChI is InChI=1S/C11H17NO2/c1-11(2)7-14-10(12-11)8-3-5-9(13)6-4-8/h8H,3-7H2,1-2H3. The van der Waals surface area contributed by atoms with Crippen LogP contribution in [0.5, 0.6) is 0 Å². The van der Waals surface area contributed by atoms with Gasteiger partial charge in [-0.1, -0.05) is 0 Å². The number of hydrogen-bond donors (Lipinski definition) is 0. The van der Waals surface area contributed by atoms with E-state index in [-0.39, 0.29) is 5.54 Å². The number of Topliss-reactive ketones (excluding diaryl/α,β-unsaturated/α-hetero) is 1. The van der Waals surface area contributed by atoms with Crippen molar-refractivity contribution in [3.63, 3.8) is 0 Å². The number of carbonyl (C=O) groups excluding carboxylic acids is 1. The number of hydrogen-bond acceptors (Lipinski definition) is 3. The Balaban J connectivity index is 2.00. The predicted octanol–water partition coefficient (Wildman–Crippen LogP) is 1.95. The molecule has 0 spiro atoms. The summed E-state index contributed by atoms with van der Waals surface area (Å²) in [5.41, 5.74) is -0.0587. The van der Waals surface area contributed by atoms with Gasteiger partial charge in [0.1, 0.15) is 12.4 Å². The zero-order chi connectivity index (χ0) is 10.2. The van der Waals surface area contributed by atoms with Crippen LogP contribution >= 0.6 is 0 Å². The molecular formula is C11H17NO2. The Hall–Kier alpha value is -0.860. The van der Waals surface area contributed by atoms with Crippen LogP contribution in [0.15, 0.2) is 4.99 Å². The molecule has 0 amide bonds. The first-order valence-corrected chi connectivity index (χ1v) is 5.31. The van der Waals surface area contributed by atoms with Crippen LogP contribution in [0.1, 0.15) is 39.5 Å². The minimum Gasteiger partial charge on any atom is -0.478 e. The third kappa shape index (κ3) is 1.97. The molecule has 0 aromatic carbocycles. The molecule has 78 valence electrons. The lowest BCUT2D eigenvalue weighted by Crippen LogP contribution is -2.21. The predicted molar refractivity (Wildman–Crippen MR) is 54.4 cm³/mol. The third-order valence-corrected chi connectivity index (χ3v) is 2.88. The molecule has 2 rings (SSSR count). The van der Waals surface area contributed by atoms with Gasteiger partial charge in [-0.3, -0.25) is 4.79 Å². The first-order chi connectivity index (χ1) is 6.57. The molecule has 1 aliphatic carbocycles. The SMILES string of the molecule is CC1(C)COC(C2CCC(=O)CC2)=N1. The fraction of sp³-hybridized carbons (Fsp3) is 0.818. The lowest BCUT2D eigenvalue weighted by Gasteiger charge is -2.19. The van der Waals surface area contributed by atoms with Crippen LogP contribution in [0.2, 0.25) is 0 Å². The van der Waals surface area contributed by atoms with E-state index >= 15 is 0 Å². The maximum atomic E-state index is 11.1. The van der Waals surface area contributed by atoms with Gasteiger partial charge in [-0.2, -0.15) is 0 Å². The van der Waals surface area contributed by atoms with Gasteiger partial charge in [-0.15, -0.1) is 0 Å². The lowest BCUT2D eigenvalue weighted by atomic mass is 9.88. The van der Waals surface area contributed by atoms with Crippen molar-refractivity contribution in [1.29, 1.82) is 0 Å². The molecule has 2 aliphatic rings.